The molecule has 0 bridgehead atoms. The van der Waals surface area contributed by atoms with Crippen LogP contribution in [0.1, 0.15) is 36.6 Å². The van der Waals surface area contributed by atoms with Crippen molar-refractivity contribution in [3.05, 3.63) is 46.5 Å². The van der Waals surface area contributed by atoms with E-state index in [-0.39, 0.29) is 0 Å². The molecule has 100 valence electrons. The SMILES string of the molecule is CC(C)c1ccc(/C=N\Nc2nc(CCl)cs2)cc1. The molecule has 0 aliphatic heterocycles. The zero-order valence-electron chi connectivity index (χ0n) is 10.9. The van der Waals surface area contributed by atoms with E-state index in [1.54, 1.807) is 6.21 Å². The summed E-state index contributed by atoms with van der Waals surface area (Å²) in [4.78, 5) is 4.26. The highest BCUT2D eigenvalue weighted by Gasteiger charge is 1.99. The number of nitrogens with one attached hydrogen (secondary N) is 1. The van der Waals surface area contributed by atoms with Crippen LogP contribution in [0.4, 0.5) is 5.13 Å². The summed E-state index contributed by atoms with van der Waals surface area (Å²) in [5, 5.41) is 6.84. The molecule has 0 amide bonds. The number of nitrogens with zero attached hydrogens (tertiary/aromatic N) is 2. The summed E-state index contributed by atoms with van der Waals surface area (Å²) in [5.74, 6) is 0.979. The molecule has 0 radical (unpaired) electrons. The third kappa shape index (κ3) is 4.04. The van der Waals surface area contributed by atoms with Crippen LogP contribution < -0.4 is 5.43 Å². The minimum absolute atomic E-state index is 0.429. The fraction of sp³-hybridized carbons (Fsp3) is 0.286. The van der Waals surface area contributed by atoms with E-state index in [1.807, 2.05) is 5.38 Å². The number of aromatic nitrogens is 1. The third-order valence-corrected chi connectivity index (χ3v) is 3.74. The molecule has 1 aromatic heterocycles. The highest BCUT2D eigenvalue weighted by Crippen LogP contribution is 2.17. The predicted octanol–water partition coefficient (Wildman–Crippen LogP) is 4.45. The van der Waals surface area contributed by atoms with Crippen LogP contribution >= 0.6 is 22.9 Å². The maximum absolute atomic E-state index is 5.69. The summed E-state index contributed by atoms with van der Waals surface area (Å²) in [6.07, 6.45) is 1.78. The van der Waals surface area contributed by atoms with Crippen LogP contribution in [0.5, 0.6) is 0 Å². The largest absolute Gasteiger partial charge is 0.253 e. The molecule has 5 heteroatoms. The van der Waals surface area contributed by atoms with Gasteiger partial charge in [-0.3, -0.25) is 5.43 Å². The van der Waals surface area contributed by atoms with Crippen molar-refractivity contribution < 1.29 is 0 Å². The van der Waals surface area contributed by atoms with Gasteiger partial charge in [-0.05, 0) is 17.0 Å². The number of anilines is 1. The molecule has 3 nitrogen and oxygen atoms in total. The first kappa shape index (κ1) is 14.0. The van der Waals surface area contributed by atoms with E-state index in [0.29, 0.717) is 11.8 Å². The van der Waals surface area contributed by atoms with E-state index in [0.717, 1.165) is 16.4 Å². The first-order chi connectivity index (χ1) is 9.19. The van der Waals surface area contributed by atoms with Crippen LogP contribution in [0, 0.1) is 0 Å². The smallest absolute Gasteiger partial charge is 0.203 e. The van der Waals surface area contributed by atoms with Gasteiger partial charge >= 0.3 is 0 Å². The third-order valence-electron chi connectivity index (χ3n) is 2.67. The van der Waals surface area contributed by atoms with Gasteiger partial charge < -0.3 is 0 Å². The Morgan fingerprint density at radius 3 is 2.68 bits per heavy atom. The van der Waals surface area contributed by atoms with E-state index >= 15 is 0 Å². The van der Waals surface area contributed by atoms with Gasteiger partial charge in [-0.15, -0.1) is 22.9 Å². The number of thiazole rings is 1. The van der Waals surface area contributed by atoms with E-state index in [1.165, 1.54) is 16.9 Å². The monoisotopic (exact) mass is 293 g/mol. The Morgan fingerprint density at radius 1 is 1.37 bits per heavy atom. The summed E-state index contributed by atoms with van der Waals surface area (Å²) in [5.41, 5.74) is 6.16. The second kappa shape index (κ2) is 6.68. The summed E-state index contributed by atoms with van der Waals surface area (Å²) < 4.78 is 0. The molecule has 0 aliphatic carbocycles. The Labute approximate surface area is 122 Å². The molecule has 0 aliphatic rings. The molecule has 0 unspecified atom stereocenters. The molecule has 2 rings (SSSR count). The fourth-order valence-electron chi connectivity index (χ4n) is 1.55. The van der Waals surface area contributed by atoms with Gasteiger partial charge in [0, 0.05) is 5.38 Å². The van der Waals surface area contributed by atoms with Crippen molar-refractivity contribution >= 4 is 34.3 Å². The van der Waals surface area contributed by atoms with Gasteiger partial charge in [-0.2, -0.15) is 5.10 Å². The maximum Gasteiger partial charge on any atom is 0.203 e. The Hall–Kier alpha value is -1.39. The van der Waals surface area contributed by atoms with Crippen LogP contribution in [0.2, 0.25) is 0 Å². The number of alkyl halides is 1. The molecule has 1 heterocycles. The topological polar surface area (TPSA) is 37.3 Å². The van der Waals surface area contributed by atoms with Crippen LogP contribution in [0.3, 0.4) is 0 Å². The lowest BCUT2D eigenvalue weighted by Crippen LogP contribution is -1.92. The summed E-state index contributed by atoms with van der Waals surface area (Å²) >= 11 is 7.18. The minimum Gasteiger partial charge on any atom is -0.253 e. The van der Waals surface area contributed by atoms with Gasteiger partial charge in [0.05, 0.1) is 17.8 Å². The highest BCUT2D eigenvalue weighted by molar-refractivity contribution is 7.13. The van der Waals surface area contributed by atoms with Gasteiger partial charge in [-0.1, -0.05) is 38.1 Å². The number of benzene rings is 1. The summed E-state index contributed by atoms with van der Waals surface area (Å²) in [7, 11) is 0. The molecule has 0 atom stereocenters. The lowest BCUT2D eigenvalue weighted by Gasteiger charge is -2.04. The van der Waals surface area contributed by atoms with E-state index in [4.69, 9.17) is 11.6 Å². The minimum atomic E-state index is 0.429. The molecule has 1 aromatic carbocycles. The van der Waals surface area contributed by atoms with Crippen LogP contribution in [-0.2, 0) is 5.88 Å². The Morgan fingerprint density at radius 2 is 2.11 bits per heavy atom. The maximum atomic E-state index is 5.69. The number of hydrogen-bond donors (Lipinski definition) is 1. The van der Waals surface area contributed by atoms with E-state index in [9.17, 15) is 0 Å². The van der Waals surface area contributed by atoms with Gasteiger partial charge in [0.15, 0.2) is 0 Å². The van der Waals surface area contributed by atoms with Crippen LogP contribution in [-0.4, -0.2) is 11.2 Å². The molecule has 1 N–H and O–H groups in total. The van der Waals surface area contributed by atoms with E-state index in [2.05, 4.69) is 53.6 Å². The molecule has 0 saturated heterocycles. The van der Waals surface area contributed by atoms with Crippen molar-refractivity contribution in [2.45, 2.75) is 25.6 Å². The standard InChI is InChI=1S/C14H16ClN3S/c1-10(2)12-5-3-11(4-6-12)8-16-18-14-17-13(7-15)9-19-14/h3-6,8-10H,7H2,1-2H3,(H,17,18)/b16-8-. The molecule has 0 fully saturated rings. The Balaban J connectivity index is 1.94. The average molecular weight is 294 g/mol. The fourth-order valence-corrected chi connectivity index (χ4v) is 2.44. The lowest BCUT2D eigenvalue weighted by atomic mass is 10.0. The first-order valence-corrected chi connectivity index (χ1v) is 7.50. The molecular formula is C14H16ClN3S. The molecular weight excluding hydrogens is 278 g/mol. The number of hydrogen-bond acceptors (Lipinski definition) is 4. The predicted molar refractivity (Wildman–Crippen MR) is 83.4 cm³/mol. The number of halogens is 1. The van der Waals surface area contributed by atoms with Crippen molar-refractivity contribution in [1.29, 1.82) is 0 Å². The number of hydrazone groups is 1. The highest BCUT2D eigenvalue weighted by atomic mass is 35.5. The quantitative estimate of drug-likeness (QED) is 0.502. The second-order valence-electron chi connectivity index (χ2n) is 4.47. The number of rotatable bonds is 5. The van der Waals surface area contributed by atoms with Crippen molar-refractivity contribution in [2.24, 2.45) is 5.10 Å². The zero-order valence-corrected chi connectivity index (χ0v) is 12.5. The van der Waals surface area contributed by atoms with Gasteiger partial charge in [-0.25, -0.2) is 4.98 Å². The summed E-state index contributed by atoms with van der Waals surface area (Å²) in [6, 6.07) is 8.38. The molecule has 0 saturated carbocycles. The van der Waals surface area contributed by atoms with E-state index < -0.39 is 0 Å². The molecule has 19 heavy (non-hydrogen) atoms. The first-order valence-electron chi connectivity index (χ1n) is 6.08. The van der Waals surface area contributed by atoms with Gasteiger partial charge in [0.1, 0.15) is 0 Å². The van der Waals surface area contributed by atoms with Crippen molar-refractivity contribution in [2.75, 3.05) is 5.43 Å². The van der Waals surface area contributed by atoms with Crippen molar-refractivity contribution in [1.82, 2.24) is 4.98 Å². The summed E-state index contributed by atoms with van der Waals surface area (Å²) in [6.45, 7) is 4.36. The molecule has 0 spiro atoms. The lowest BCUT2D eigenvalue weighted by molar-refractivity contribution is 0.866. The van der Waals surface area contributed by atoms with Gasteiger partial charge in [0.25, 0.3) is 0 Å². The Kier molecular flexibility index (Phi) is 4.93. The van der Waals surface area contributed by atoms with Gasteiger partial charge in [0.2, 0.25) is 5.13 Å². The van der Waals surface area contributed by atoms with Crippen molar-refractivity contribution in [3.63, 3.8) is 0 Å². The Bertz CT molecular complexity index is 546. The normalized spacial score (nSPS) is 11.4. The second-order valence-corrected chi connectivity index (χ2v) is 5.59. The average Bonchev–Trinajstić information content (AvgIpc) is 2.87. The zero-order chi connectivity index (χ0) is 13.7. The van der Waals surface area contributed by atoms with Crippen LogP contribution in [0.15, 0.2) is 34.7 Å². The van der Waals surface area contributed by atoms with Crippen LogP contribution in [0.25, 0.3) is 0 Å². The van der Waals surface area contributed by atoms with Crippen molar-refractivity contribution in [3.8, 4) is 0 Å². The molecule has 2 aromatic rings.